The van der Waals surface area contributed by atoms with E-state index in [1.807, 2.05) is 0 Å². The Bertz CT molecular complexity index is 174. The maximum atomic E-state index is 5.69. The molecule has 0 bridgehead atoms. The molecule has 1 aliphatic heterocycles. The van der Waals surface area contributed by atoms with Crippen LogP contribution >= 0.6 is 0 Å². The summed E-state index contributed by atoms with van der Waals surface area (Å²) in [6, 6.07) is 0.525. The quantitative estimate of drug-likeness (QED) is 0.552. The third kappa shape index (κ3) is 3.16. The van der Waals surface area contributed by atoms with E-state index in [0.717, 1.165) is 25.0 Å². The molecule has 1 aliphatic carbocycles. The van der Waals surface area contributed by atoms with E-state index in [1.165, 1.54) is 44.9 Å². The van der Waals surface area contributed by atoms with Crippen molar-refractivity contribution in [2.75, 3.05) is 13.2 Å². The molecule has 3 nitrogen and oxygen atoms in total. The van der Waals surface area contributed by atoms with E-state index in [4.69, 9.17) is 10.6 Å². The van der Waals surface area contributed by atoms with Gasteiger partial charge >= 0.3 is 0 Å². The summed E-state index contributed by atoms with van der Waals surface area (Å²) < 4.78 is 5.42. The van der Waals surface area contributed by atoms with E-state index in [2.05, 4.69) is 5.43 Å². The minimum absolute atomic E-state index is 0.525. The summed E-state index contributed by atoms with van der Waals surface area (Å²) in [7, 11) is 0. The van der Waals surface area contributed by atoms with Crippen molar-refractivity contribution < 1.29 is 4.74 Å². The third-order valence-electron chi connectivity index (χ3n) is 4.04. The Balaban J connectivity index is 1.79. The molecular weight excluding hydrogens is 188 g/mol. The van der Waals surface area contributed by atoms with Crippen LogP contribution < -0.4 is 11.3 Å². The minimum atomic E-state index is 0.525. The maximum absolute atomic E-state index is 5.69. The van der Waals surface area contributed by atoms with E-state index in [9.17, 15) is 0 Å². The van der Waals surface area contributed by atoms with Crippen LogP contribution in [0.1, 0.15) is 44.9 Å². The fourth-order valence-electron chi connectivity index (χ4n) is 3.06. The molecule has 1 heterocycles. The summed E-state index contributed by atoms with van der Waals surface area (Å²) in [6.07, 6.45) is 9.37. The first kappa shape index (κ1) is 11.4. The van der Waals surface area contributed by atoms with Crippen LogP contribution in [0.3, 0.4) is 0 Å². The molecule has 1 saturated heterocycles. The van der Waals surface area contributed by atoms with Crippen molar-refractivity contribution in [1.82, 2.24) is 5.43 Å². The number of nitrogens with one attached hydrogen (secondary N) is 1. The molecule has 0 aromatic carbocycles. The van der Waals surface area contributed by atoms with Gasteiger partial charge in [0.15, 0.2) is 0 Å². The number of hydrogen-bond donors (Lipinski definition) is 2. The summed E-state index contributed by atoms with van der Waals surface area (Å²) in [4.78, 5) is 0. The van der Waals surface area contributed by atoms with E-state index in [0.29, 0.717) is 6.04 Å². The van der Waals surface area contributed by atoms with Gasteiger partial charge in [-0.05, 0) is 37.5 Å². The van der Waals surface area contributed by atoms with Crippen LogP contribution in [0.5, 0.6) is 0 Å². The Morgan fingerprint density at radius 3 is 2.60 bits per heavy atom. The molecule has 15 heavy (non-hydrogen) atoms. The van der Waals surface area contributed by atoms with Gasteiger partial charge in [0.2, 0.25) is 0 Å². The molecule has 1 saturated carbocycles. The second-order valence-corrected chi connectivity index (χ2v) is 5.14. The number of rotatable bonds is 4. The predicted octanol–water partition coefficient (Wildman–Crippen LogP) is 1.83. The molecule has 88 valence electrons. The Hall–Kier alpha value is -0.120. The highest BCUT2D eigenvalue weighted by atomic mass is 16.5. The van der Waals surface area contributed by atoms with Gasteiger partial charge in [-0.25, -0.2) is 0 Å². The van der Waals surface area contributed by atoms with Crippen molar-refractivity contribution in [1.29, 1.82) is 0 Å². The Labute approximate surface area is 92.7 Å². The first-order chi connectivity index (χ1) is 7.40. The van der Waals surface area contributed by atoms with Crippen LogP contribution in [-0.4, -0.2) is 19.3 Å². The van der Waals surface area contributed by atoms with Gasteiger partial charge in [0.05, 0.1) is 0 Å². The molecule has 2 rings (SSSR count). The lowest BCUT2D eigenvalue weighted by atomic mass is 9.80. The smallest absolute Gasteiger partial charge is 0.0495 e. The van der Waals surface area contributed by atoms with Gasteiger partial charge in [-0.3, -0.25) is 11.3 Å². The summed E-state index contributed by atoms with van der Waals surface area (Å²) >= 11 is 0. The Morgan fingerprint density at radius 1 is 1.20 bits per heavy atom. The summed E-state index contributed by atoms with van der Waals surface area (Å²) in [5.41, 5.74) is 3.04. The van der Waals surface area contributed by atoms with Gasteiger partial charge in [-0.1, -0.05) is 19.3 Å². The lowest BCUT2D eigenvalue weighted by molar-refractivity contribution is 0.172. The van der Waals surface area contributed by atoms with Gasteiger partial charge in [-0.2, -0.15) is 0 Å². The minimum Gasteiger partial charge on any atom is -0.381 e. The molecule has 0 spiro atoms. The molecule has 0 aromatic heterocycles. The molecule has 2 aliphatic rings. The van der Waals surface area contributed by atoms with E-state index < -0.39 is 0 Å². The normalized spacial score (nSPS) is 30.6. The summed E-state index contributed by atoms with van der Waals surface area (Å²) in [6.45, 7) is 1.90. The topological polar surface area (TPSA) is 47.3 Å². The zero-order chi connectivity index (χ0) is 10.5. The summed E-state index contributed by atoms with van der Waals surface area (Å²) in [5, 5.41) is 0. The van der Waals surface area contributed by atoms with Gasteiger partial charge in [0.25, 0.3) is 0 Å². The van der Waals surface area contributed by atoms with Crippen molar-refractivity contribution in [3.63, 3.8) is 0 Å². The molecular formula is C12H24N2O. The van der Waals surface area contributed by atoms with Gasteiger partial charge in [0, 0.05) is 19.3 Å². The zero-order valence-electron chi connectivity index (χ0n) is 9.58. The Morgan fingerprint density at radius 2 is 2.00 bits per heavy atom. The number of hydrogen-bond acceptors (Lipinski definition) is 3. The number of hydrazine groups is 1. The van der Waals surface area contributed by atoms with E-state index in [-0.39, 0.29) is 0 Å². The monoisotopic (exact) mass is 212 g/mol. The highest BCUT2D eigenvalue weighted by Crippen LogP contribution is 2.30. The first-order valence-electron chi connectivity index (χ1n) is 6.44. The van der Waals surface area contributed by atoms with Crippen molar-refractivity contribution in [2.24, 2.45) is 17.7 Å². The van der Waals surface area contributed by atoms with Gasteiger partial charge in [-0.15, -0.1) is 0 Å². The fourth-order valence-corrected chi connectivity index (χ4v) is 3.06. The highest BCUT2D eigenvalue weighted by Gasteiger charge is 2.27. The van der Waals surface area contributed by atoms with Crippen molar-refractivity contribution in [2.45, 2.75) is 51.0 Å². The lowest BCUT2D eigenvalue weighted by Crippen LogP contribution is -2.43. The predicted molar refractivity (Wildman–Crippen MR) is 61.2 cm³/mol. The first-order valence-corrected chi connectivity index (χ1v) is 6.44. The molecule has 2 atom stereocenters. The van der Waals surface area contributed by atoms with Crippen molar-refractivity contribution in [3.8, 4) is 0 Å². The molecule has 3 heteroatoms. The van der Waals surface area contributed by atoms with Gasteiger partial charge < -0.3 is 4.74 Å². The second kappa shape index (κ2) is 5.83. The SMILES string of the molecule is NNC(CC1CCOC1)C1CCCCC1. The average Bonchev–Trinajstić information content (AvgIpc) is 2.80. The molecule has 2 unspecified atom stereocenters. The average molecular weight is 212 g/mol. The van der Waals surface area contributed by atoms with Crippen LogP contribution in [0.4, 0.5) is 0 Å². The van der Waals surface area contributed by atoms with Gasteiger partial charge in [0.1, 0.15) is 0 Å². The highest BCUT2D eigenvalue weighted by molar-refractivity contribution is 4.81. The standard InChI is InChI=1S/C12H24N2O/c13-14-12(8-10-6-7-15-9-10)11-4-2-1-3-5-11/h10-12,14H,1-9,13H2. The van der Waals surface area contributed by atoms with Crippen LogP contribution in [0, 0.1) is 11.8 Å². The fraction of sp³-hybridized carbons (Fsp3) is 1.00. The van der Waals surface area contributed by atoms with E-state index in [1.54, 1.807) is 0 Å². The number of nitrogens with two attached hydrogens (primary N) is 1. The van der Waals surface area contributed by atoms with Crippen molar-refractivity contribution in [3.05, 3.63) is 0 Å². The second-order valence-electron chi connectivity index (χ2n) is 5.14. The van der Waals surface area contributed by atoms with Crippen LogP contribution in [0.2, 0.25) is 0 Å². The maximum Gasteiger partial charge on any atom is 0.0495 e. The molecule has 0 radical (unpaired) electrons. The zero-order valence-corrected chi connectivity index (χ0v) is 9.58. The van der Waals surface area contributed by atoms with Crippen LogP contribution in [0.25, 0.3) is 0 Å². The van der Waals surface area contributed by atoms with E-state index >= 15 is 0 Å². The number of ether oxygens (including phenoxy) is 1. The lowest BCUT2D eigenvalue weighted by Gasteiger charge is -2.31. The van der Waals surface area contributed by atoms with Crippen molar-refractivity contribution >= 4 is 0 Å². The van der Waals surface area contributed by atoms with Crippen LogP contribution in [0.15, 0.2) is 0 Å². The molecule has 0 aromatic rings. The molecule has 3 N–H and O–H groups in total. The molecule has 2 fully saturated rings. The molecule has 0 amide bonds. The third-order valence-corrected chi connectivity index (χ3v) is 4.04. The summed E-state index contributed by atoms with van der Waals surface area (Å²) in [5.74, 6) is 7.24. The largest absolute Gasteiger partial charge is 0.381 e. The Kier molecular flexibility index (Phi) is 4.42. The van der Waals surface area contributed by atoms with Crippen LogP contribution in [-0.2, 0) is 4.74 Å².